The molecule has 8 heteroatoms. The van der Waals surface area contributed by atoms with Gasteiger partial charge in [0.15, 0.2) is 11.6 Å². The van der Waals surface area contributed by atoms with Crippen LogP contribution >= 0.6 is 15.9 Å². The molecule has 1 heterocycles. The molecule has 0 fully saturated rings. The predicted molar refractivity (Wildman–Crippen MR) is 177 cm³/mol. The predicted octanol–water partition coefficient (Wildman–Crippen LogP) is 7.73. The van der Waals surface area contributed by atoms with E-state index in [2.05, 4.69) is 21.2 Å². The van der Waals surface area contributed by atoms with Crippen LogP contribution in [0, 0.1) is 10.8 Å². The Bertz CT molecular complexity index is 1710. The largest absolute Gasteiger partial charge is 0.369 e. The third-order valence-corrected chi connectivity index (χ3v) is 10.2. The first-order valence-electron chi connectivity index (χ1n) is 14.3. The minimum Gasteiger partial charge on any atom is -0.369 e. The number of carbonyl (C=O) groups excluding carboxylic acids is 2. The number of anilines is 2. The average molecular weight is 662 g/mol. The number of ketones is 2. The Morgan fingerprint density at radius 1 is 0.837 bits per heavy atom. The number of nitrogens with zero attached hydrogens (tertiary/aromatic N) is 1. The number of nitrogens with one attached hydrogen (secondary N) is 1. The summed E-state index contributed by atoms with van der Waals surface area (Å²) in [7, 11) is -4.14. The van der Waals surface area contributed by atoms with Gasteiger partial charge in [-0.05, 0) is 52.8 Å². The van der Waals surface area contributed by atoms with E-state index in [-0.39, 0.29) is 17.3 Å². The summed E-state index contributed by atoms with van der Waals surface area (Å²) in [6, 6.07) is 21.7. The standard InChI is InChI=1S/C35H37BrN2O4S/c1-33(2,3)26-20-35(21-27(31(26)40)34(4,5)6)32(30(39)24-16-18-25(36)19-17-24)38(29-15-11-10-14-28(29)37-35)43(41,42)22-23-12-8-7-9-13-23/h7-21,32,37H,22H2,1-6H3/t32-/m1/s1. The maximum Gasteiger partial charge on any atom is 0.240 e. The van der Waals surface area contributed by atoms with Crippen molar-refractivity contribution in [3.63, 3.8) is 0 Å². The molecule has 3 aromatic rings. The smallest absolute Gasteiger partial charge is 0.240 e. The Kier molecular flexibility index (Phi) is 7.84. The van der Waals surface area contributed by atoms with E-state index < -0.39 is 32.4 Å². The van der Waals surface area contributed by atoms with Gasteiger partial charge >= 0.3 is 0 Å². The topological polar surface area (TPSA) is 83.6 Å². The third-order valence-electron chi connectivity index (χ3n) is 7.92. The van der Waals surface area contributed by atoms with Gasteiger partial charge < -0.3 is 5.32 Å². The molecule has 1 aliphatic carbocycles. The lowest BCUT2D eigenvalue weighted by molar-refractivity contribution is -0.114. The normalized spacial score (nSPS) is 18.4. The lowest BCUT2D eigenvalue weighted by Crippen LogP contribution is -2.65. The van der Waals surface area contributed by atoms with Crippen LogP contribution in [0.5, 0.6) is 0 Å². The molecule has 0 saturated heterocycles. The first-order chi connectivity index (χ1) is 20.0. The second kappa shape index (κ2) is 10.9. The fourth-order valence-electron chi connectivity index (χ4n) is 5.81. The molecule has 2 aliphatic rings. The number of rotatable bonds is 5. The molecule has 1 atom stereocenters. The minimum absolute atomic E-state index is 0.0974. The van der Waals surface area contributed by atoms with Crippen molar-refractivity contribution >= 4 is 48.9 Å². The summed E-state index contributed by atoms with van der Waals surface area (Å²) in [5, 5.41) is 3.57. The lowest BCUT2D eigenvalue weighted by Gasteiger charge is -2.51. The van der Waals surface area contributed by atoms with Gasteiger partial charge in [-0.3, -0.25) is 13.9 Å². The van der Waals surface area contributed by atoms with Gasteiger partial charge in [-0.15, -0.1) is 0 Å². The summed E-state index contributed by atoms with van der Waals surface area (Å²) in [4.78, 5) is 28.8. The molecule has 1 spiro atoms. The molecule has 0 radical (unpaired) electrons. The fraction of sp³-hybridized carbons (Fsp3) is 0.314. The highest BCUT2D eigenvalue weighted by atomic mass is 79.9. The Balaban J connectivity index is 1.86. The van der Waals surface area contributed by atoms with Crippen molar-refractivity contribution in [2.45, 2.75) is 58.9 Å². The Hall–Kier alpha value is -3.49. The second-order valence-electron chi connectivity index (χ2n) is 13.3. The highest BCUT2D eigenvalue weighted by Crippen LogP contribution is 2.49. The molecule has 0 aromatic heterocycles. The minimum atomic E-state index is -4.14. The molecule has 224 valence electrons. The highest BCUT2D eigenvalue weighted by molar-refractivity contribution is 9.10. The number of hydrogen-bond donors (Lipinski definition) is 1. The van der Waals surface area contributed by atoms with Crippen LogP contribution in [-0.2, 0) is 20.6 Å². The molecule has 1 aliphatic heterocycles. The van der Waals surface area contributed by atoms with Crippen molar-refractivity contribution in [1.29, 1.82) is 0 Å². The molecule has 43 heavy (non-hydrogen) atoms. The SMILES string of the molecule is CC(C)(C)C1=CC2(C=C(C(C)(C)C)C1=O)Nc1ccccc1N(S(=O)(=O)Cc1ccccc1)[C@@H]2C(=O)c1ccc(Br)cc1. The van der Waals surface area contributed by atoms with Crippen molar-refractivity contribution in [3.8, 4) is 0 Å². The molecule has 5 rings (SSSR count). The number of halogens is 1. The van der Waals surface area contributed by atoms with E-state index in [9.17, 15) is 18.0 Å². The third kappa shape index (κ3) is 5.87. The summed E-state index contributed by atoms with van der Waals surface area (Å²) in [5.74, 6) is -0.776. The van der Waals surface area contributed by atoms with E-state index in [4.69, 9.17) is 0 Å². The maximum absolute atomic E-state index is 14.8. The van der Waals surface area contributed by atoms with E-state index in [1.54, 1.807) is 72.8 Å². The first-order valence-corrected chi connectivity index (χ1v) is 16.7. The second-order valence-corrected chi connectivity index (χ2v) is 16.1. The van der Waals surface area contributed by atoms with Crippen molar-refractivity contribution in [2.24, 2.45) is 10.8 Å². The van der Waals surface area contributed by atoms with Gasteiger partial charge in [-0.1, -0.05) is 112 Å². The Morgan fingerprint density at radius 2 is 1.37 bits per heavy atom. The molecule has 0 saturated carbocycles. The first kappa shape index (κ1) is 31.0. The average Bonchev–Trinajstić information content (AvgIpc) is 2.92. The van der Waals surface area contributed by atoms with Gasteiger partial charge in [0.05, 0.1) is 17.1 Å². The van der Waals surface area contributed by atoms with Gasteiger partial charge in [-0.25, -0.2) is 8.42 Å². The van der Waals surface area contributed by atoms with Crippen LogP contribution in [0.4, 0.5) is 11.4 Å². The summed E-state index contributed by atoms with van der Waals surface area (Å²) in [5.41, 5.74) is 0.456. The molecular weight excluding hydrogens is 624 g/mol. The van der Waals surface area contributed by atoms with E-state index in [0.717, 1.165) is 4.47 Å². The molecule has 0 amide bonds. The van der Waals surface area contributed by atoms with Crippen LogP contribution in [0.2, 0.25) is 0 Å². The summed E-state index contributed by atoms with van der Waals surface area (Å²) >= 11 is 3.44. The van der Waals surface area contributed by atoms with Gasteiger partial charge in [0.2, 0.25) is 10.0 Å². The van der Waals surface area contributed by atoms with E-state index in [0.29, 0.717) is 33.6 Å². The Morgan fingerprint density at radius 3 is 1.93 bits per heavy atom. The van der Waals surface area contributed by atoms with Crippen LogP contribution in [-0.4, -0.2) is 31.6 Å². The number of carbonyl (C=O) groups is 2. The quantitative estimate of drug-likeness (QED) is 0.283. The highest BCUT2D eigenvalue weighted by Gasteiger charge is 2.55. The lowest BCUT2D eigenvalue weighted by atomic mass is 9.66. The Labute approximate surface area is 263 Å². The van der Waals surface area contributed by atoms with Crippen LogP contribution < -0.4 is 9.62 Å². The number of Topliss-reactive ketones (excluding diaryl/α,β-unsaturated/α-hetero) is 2. The number of allylic oxidation sites excluding steroid dienone is 2. The maximum atomic E-state index is 14.8. The monoisotopic (exact) mass is 660 g/mol. The van der Waals surface area contributed by atoms with Crippen LogP contribution in [0.1, 0.15) is 57.5 Å². The van der Waals surface area contributed by atoms with Crippen LogP contribution in [0.25, 0.3) is 0 Å². The number of sulfonamides is 1. The van der Waals surface area contributed by atoms with Crippen molar-refractivity contribution in [2.75, 3.05) is 9.62 Å². The van der Waals surface area contributed by atoms with E-state index in [1.807, 2.05) is 59.7 Å². The van der Waals surface area contributed by atoms with Gasteiger partial charge in [-0.2, -0.15) is 0 Å². The van der Waals surface area contributed by atoms with Gasteiger partial charge in [0, 0.05) is 21.2 Å². The van der Waals surface area contributed by atoms with Crippen molar-refractivity contribution < 1.29 is 18.0 Å². The zero-order valence-electron chi connectivity index (χ0n) is 25.3. The number of hydrogen-bond acceptors (Lipinski definition) is 5. The zero-order chi connectivity index (χ0) is 31.4. The fourth-order valence-corrected chi connectivity index (χ4v) is 7.87. The van der Waals surface area contributed by atoms with E-state index >= 15 is 0 Å². The molecular formula is C35H37BrN2O4S. The molecule has 6 nitrogen and oxygen atoms in total. The van der Waals surface area contributed by atoms with Crippen molar-refractivity contribution in [3.05, 3.63) is 118 Å². The number of para-hydroxylation sites is 2. The van der Waals surface area contributed by atoms with Crippen LogP contribution in [0.3, 0.4) is 0 Å². The molecule has 0 bridgehead atoms. The molecule has 0 unspecified atom stereocenters. The molecule has 1 N–H and O–H groups in total. The van der Waals surface area contributed by atoms with Crippen molar-refractivity contribution in [1.82, 2.24) is 0 Å². The summed E-state index contributed by atoms with van der Waals surface area (Å²) in [6.07, 6.45) is 3.60. The number of benzene rings is 3. The summed E-state index contributed by atoms with van der Waals surface area (Å²) < 4.78 is 31.3. The van der Waals surface area contributed by atoms with Gasteiger partial charge in [0.1, 0.15) is 11.6 Å². The van der Waals surface area contributed by atoms with Crippen LogP contribution in [0.15, 0.2) is 107 Å². The van der Waals surface area contributed by atoms with E-state index in [1.165, 1.54) is 4.31 Å². The number of fused-ring (bicyclic) bond motifs is 1. The summed E-state index contributed by atoms with van der Waals surface area (Å²) in [6.45, 7) is 11.8. The van der Waals surface area contributed by atoms with Gasteiger partial charge in [0.25, 0.3) is 0 Å². The zero-order valence-corrected chi connectivity index (χ0v) is 27.7. The molecule has 3 aromatic carbocycles.